The number of halogens is 7. The summed E-state index contributed by atoms with van der Waals surface area (Å²) in [6.07, 6.45) is -10.9. The van der Waals surface area contributed by atoms with E-state index in [1.54, 1.807) is 6.92 Å². The molecule has 1 fully saturated rings. The lowest BCUT2D eigenvalue weighted by atomic mass is 10.0. The molecule has 1 aromatic carbocycles. The molecule has 3 atom stereocenters. The van der Waals surface area contributed by atoms with Gasteiger partial charge in [-0.05, 0) is 24.6 Å². The predicted molar refractivity (Wildman–Crippen MR) is 125 cm³/mol. The van der Waals surface area contributed by atoms with Crippen LogP contribution in [0, 0.1) is 12.8 Å². The van der Waals surface area contributed by atoms with Gasteiger partial charge in [-0.3, -0.25) is 9.59 Å². The van der Waals surface area contributed by atoms with E-state index < -0.39 is 72.2 Å². The van der Waals surface area contributed by atoms with Crippen LogP contribution in [0.1, 0.15) is 34.8 Å². The molecule has 0 spiro atoms. The maximum absolute atomic E-state index is 14.7. The molecule has 4 rings (SSSR count). The minimum atomic E-state index is -4.77. The lowest BCUT2D eigenvalue weighted by Gasteiger charge is -2.20. The van der Waals surface area contributed by atoms with Gasteiger partial charge < -0.3 is 16.0 Å². The molecule has 8 nitrogen and oxygen atoms in total. The molecule has 3 N–H and O–H groups in total. The Balaban J connectivity index is 1.57. The average molecular weight is 560 g/mol. The highest BCUT2D eigenvalue weighted by Crippen LogP contribution is 2.39. The van der Waals surface area contributed by atoms with Crippen LogP contribution in [-0.2, 0) is 11.0 Å². The third-order valence-electron chi connectivity index (χ3n) is 6.62. The van der Waals surface area contributed by atoms with Crippen molar-refractivity contribution < 1.29 is 40.3 Å². The maximum Gasteiger partial charge on any atom is 0.418 e. The van der Waals surface area contributed by atoms with E-state index in [0.29, 0.717) is 5.56 Å². The third-order valence-corrected chi connectivity index (χ3v) is 6.62. The van der Waals surface area contributed by atoms with Crippen LogP contribution in [0.4, 0.5) is 36.6 Å². The van der Waals surface area contributed by atoms with Gasteiger partial charge in [0.25, 0.3) is 5.91 Å². The number of nitrogens with one attached hydrogen (secondary N) is 1. The number of hydrogen-bond acceptors (Lipinski definition) is 5. The predicted octanol–water partition coefficient (Wildman–Crippen LogP) is 4.17. The monoisotopic (exact) mass is 560 g/mol. The van der Waals surface area contributed by atoms with E-state index in [4.69, 9.17) is 5.73 Å². The standard InChI is InChI=1S/C24H23F7N6O2/c1-11-3-4-13(18-7-15(24(29,30)31)20-21(32)33-10-34-37(18)20)6-14(11)22(39)35-17-9-36(8-16(17)25)19(38)5-12(2)23(26,27)28/h3-4,6-7,10,12,16-17H,5,8-9H2,1-2H3,(H,35,39)(H2,32,33,34)/t12?,16-,17+/m0/s1. The minimum absolute atomic E-state index is 0.0145. The van der Waals surface area contributed by atoms with Crippen LogP contribution < -0.4 is 11.1 Å². The number of fused-ring (bicyclic) bond motifs is 1. The first kappa shape index (κ1) is 28.1. The van der Waals surface area contributed by atoms with Crippen molar-refractivity contribution >= 4 is 23.1 Å². The SMILES string of the molecule is Cc1ccc(-c2cc(C(F)(F)F)c3c(N)ncnn23)cc1C(=O)N[C@@H]1CN(C(=O)CC(C)C(F)(F)F)C[C@@H]1F. The molecule has 2 amide bonds. The van der Waals surface area contributed by atoms with E-state index in [-0.39, 0.29) is 23.4 Å². The molecule has 3 aromatic rings. The Morgan fingerprint density at radius 3 is 2.49 bits per heavy atom. The molecule has 210 valence electrons. The Bertz CT molecular complexity index is 1420. The summed E-state index contributed by atoms with van der Waals surface area (Å²) >= 11 is 0. The summed E-state index contributed by atoms with van der Waals surface area (Å²) in [4.78, 5) is 29.9. The molecule has 1 aliphatic heterocycles. The number of likely N-dealkylation sites (tertiary alicyclic amines) is 1. The molecule has 1 aliphatic rings. The second-order valence-corrected chi connectivity index (χ2v) is 9.42. The number of carbonyl (C=O) groups excluding carboxylic acids is 2. The van der Waals surface area contributed by atoms with Crippen LogP contribution in [0.3, 0.4) is 0 Å². The number of aryl methyl sites for hydroxylation is 1. The summed E-state index contributed by atoms with van der Waals surface area (Å²) in [7, 11) is 0. The molecule has 15 heteroatoms. The van der Waals surface area contributed by atoms with E-state index in [0.717, 1.165) is 28.7 Å². The highest BCUT2D eigenvalue weighted by molar-refractivity contribution is 5.97. The third kappa shape index (κ3) is 5.61. The molecule has 1 saturated heterocycles. The molecule has 0 bridgehead atoms. The first-order chi connectivity index (χ1) is 18.1. The van der Waals surface area contributed by atoms with Gasteiger partial charge in [0.1, 0.15) is 18.0 Å². The Morgan fingerprint density at radius 2 is 1.85 bits per heavy atom. The van der Waals surface area contributed by atoms with E-state index in [9.17, 15) is 40.3 Å². The fourth-order valence-corrected chi connectivity index (χ4v) is 4.37. The van der Waals surface area contributed by atoms with Gasteiger partial charge in [0.05, 0.1) is 29.8 Å². The Labute approximate surface area is 217 Å². The van der Waals surface area contributed by atoms with E-state index in [1.807, 2.05) is 0 Å². The van der Waals surface area contributed by atoms with E-state index in [2.05, 4.69) is 15.4 Å². The smallest absolute Gasteiger partial charge is 0.382 e. The number of hydrogen-bond donors (Lipinski definition) is 2. The second kappa shape index (κ2) is 10.0. The largest absolute Gasteiger partial charge is 0.418 e. The van der Waals surface area contributed by atoms with Gasteiger partial charge in [0.2, 0.25) is 5.91 Å². The van der Waals surface area contributed by atoms with E-state index >= 15 is 0 Å². The van der Waals surface area contributed by atoms with Gasteiger partial charge in [-0.25, -0.2) is 13.9 Å². The quantitative estimate of drug-likeness (QED) is 0.456. The first-order valence-electron chi connectivity index (χ1n) is 11.7. The molecule has 2 aromatic heterocycles. The lowest BCUT2D eigenvalue weighted by Crippen LogP contribution is -2.42. The molecule has 39 heavy (non-hydrogen) atoms. The summed E-state index contributed by atoms with van der Waals surface area (Å²) in [6.45, 7) is 1.60. The van der Waals surface area contributed by atoms with E-state index in [1.165, 1.54) is 18.2 Å². The topological polar surface area (TPSA) is 106 Å². The summed E-state index contributed by atoms with van der Waals surface area (Å²) < 4.78 is 95.0. The Hall–Kier alpha value is -3.91. The lowest BCUT2D eigenvalue weighted by molar-refractivity contribution is -0.176. The number of nitrogen functional groups attached to an aromatic ring is 1. The van der Waals surface area contributed by atoms with Crippen molar-refractivity contribution in [3.05, 3.63) is 47.3 Å². The second-order valence-electron chi connectivity index (χ2n) is 9.42. The van der Waals surface area contributed by atoms with Crippen molar-refractivity contribution in [1.82, 2.24) is 24.8 Å². The van der Waals surface area contributed by atoms with Gasteiger partial charge in [-0.15, -0.1) is 0 Å². The number of alkyl halides is 7. The number of nitrogens with two attached hydrogens (primary N) is 1. The van der Waals surface area contributed by atoms with Crippen LogP contribution in [0.25, 0.3) is 16.8 Å². The zero-order valence-electron chi connectivity index (χ0n) is 20.6. The molecule has 0 saturated carbocycles. The van der Waals surface area contributed by atoms with Gasteiger partial charge in [-0.1, -0.05) is 19.1 Å². The Kier molecular flexibility index (Phi) is 7.21. The number of amides is 2. The molecule has 1 unspecified atom stereocenters. The first-order valence-corrected chi connectivity index (χ1v) is 11.7. The van der Waals surface area contributed by atoms with Gasteiger partial charge in [-0.2, -0.15) is 31.4 Å². The fourth-order valence-electron chi connectivity index (χ4n) is 4.37. The van der Waals surface area contributed by atoms with Crippen LogP contribution in [0.2, 0.25) is 0 Å². The van der Waals surface area contributed by atoms with Crippen LogP contribution in [0.5, 0.6) is 0 Å². The van der Waals surface area contributed by atoms with Crippen molar-refractivity contribution in [1.29, 1.82) is 0 Å². The van der Waals surface area contributed by atoms with Crippen molar-refractivity contribution in [2.24, 2.45) is 5.92 Å². The van der Waals surface area contributed by atoms with Crippen LogP contribution in [-0.4, -0.2) is 62.8 Å². The average Bonchev–Trinajstić information content (AvgIpc) is 3.40. The zero-order valence-corrected chi connectivity index (χ0v) is 20.6. The molecule has 0 aliphatic carbocycles. The summed E-state index contributed by atoms with van der Waals surface area (Å²) in [6, 6.07) is 3.90. The number of benzene rings is 1. The number of rotatable bonds is 5. The summed E-state index contributed by atoms with van der Waals surface area (Å²) in [5, 5.41) is 6.32. The van der Waals surface area contributed by atoms with Crippen LogP contribution in [0.15, 0.2) is 30.6 Å². The number of anilines is 1. The number of aromatic nitrogens is 3. The normalized spacial score (nSPS) is 18.9. The fraction of sp³-hybridized carbons (Fsp3) is 0.417. The van der Waals surface area contributed by atoms with Gasteiger partial charge in [0, 0.05) is 24.1 Å². The summed E-state index contributed by atoms with van der Waals surface area (Å²) in [5.74, 6) is -3.97. The molecular weight excluding hydrogens is 537 g/mol. The number of carbonyl (C=O) groups is 2. The van der Waals surface area contributed by atoms with Crippen molar-refractivity contribution in [3.8, 4) is 11.3 Å². The zero-order chi connectivity index (χ0) is 28.9. The van der Waals surface area contributed by atoms with Gasteiger partial charge >= 0.3 is 12.4 Å². The minimum Gasteiger partial charge on any atom is -0.382 e. The molecular formula is C24H23F7N6O2. The molecule has 0 radical (unpaired) electrons. The highest BCUT2D eigenvalue weighted by Gasteiger charge is 2.41. The van der Waals surface area contributed by atoms with Crippen molar-refractivity contribution in [3.63, 3.8) is 0 Å². The van der Waals surface area contributed by atoms with Crippen molar-refractivity contribution in [2.45, 2.75) is 44.8 Å². The highest BCUT2D eigenvalue weighted by atomic mass is 19.4. The summed E-state index contributed by atoms with van der Waals surface area (Å²) in [5.41, 5.74) is 4.73. The van der Waals surface area contributed by atoms with Gasteiger partial charge in [0.15, 0.2) is 5.82 Å². The Morgan fingerprint density at radius 1 is 1.15 bits per heavy atom. The molecule has 3 heterocycles. The van der Waals surface area contributed by atoms with Crippen molar-refractivity contribution in [2.75, 3.05) is 18.8 Å². The number of nitrogens with zero attached hydrogens (tertiary/aromatic N) is 4. The van der Waals surface area contributed by atoms with Crippen LogP contribution >= 0.6 is 0 Å². The maximum atomic E-state index is 14.7.